The predicted octanol–water partition coefficient (Wildman–Crippen LogP) is 2.25. The van der Waals surface area contributed by atoms with E-state index in [9.17, 15) is 5.11 Å². The van der Waals surface area contributed by atoms with E-state index in [0.29, 0.717) is 5.92 Å². The highest BCUT2D eigenvalue weighted by atomic mass is 16.3. The highest BCUT2D eigenvalue weighted by Crippen LogP contribution is 2.53. The Morgan fingerprint density at radius 3 is 2.91 bits per heavy atom. The Morgan fingerprint density at radius 2 is 2.17 bits per heavy atom. The first-order valence-electron chi connectivity index (χ1n) is 9.18. The summed E-state index contributed by atoms with van der Waals surface area (Å²) in [5.74, 6) is 0.510. The molecule has 2 saturated carbocycles. The largest absolute Gasteiger partial charge is 0.393 e. The SMILES string of the molecule is CNCCN(C)Cc1c[nH]nc1C1CCC(O)C2(CCCC2)C1. The molecule has 0 radical (unpaired) electrons. The lowest BCUT2D eigenvalue weighted by atomic mass is 9.65. The van der Waals surface area contributed by atoms with Gasteiger partial charge in [0.15, 0.2) is 0 Å². The first-order chi connectivity index (χ1) is 11.1. The lowest BCUT2D eigenvalue weighted by molar-refractivity contribution is -0.0156. The molecule has 1 aromatic rings. The van der Waals surface area contributed by atoms with Gasteiger partial charge in [-0.1, -0.05) is 12.8 Å². The summed E-state index contributed by atoms with van der Waals surface area (Å²) in [6.07, 6.45) is 10.1. The molecule has 3 N–H and O–H groups in total. The fourth-order valence-electron chi connectivity index (χ4n) is 4.72. The predicted molar refractivity (Wildman–Crippen MR) is 92.3 cm³/mol. The number of aromatic amines is 1. The van der Waals surface area contributed by atoms with Crippen LogP contribution in [0, 0.1) is 5.41 Å². The summed E-state index contributed by atoms with van der Waals surface area (Å²) in [5.41, 5.74) is 2.76. The van der Waals surface area contributed by atoms with E-state index in [1.165, 1.54) is 36.9 Å². The Morgan fingerprint density at radius 1 is 1.39 bits per heavy atom. The maximum Gasteiger partial charge on any atom is 0.0698 e. The van der Waals surface area contributed by atoms with E-state index >= 15 is 0 Å². The van der Waals surface area contributed by atoms with Gasteiger partial charge in [0.1, 0.15) is 0 Å². The number of aromatic nitrogens is 2. The third-order valence-corrected chi connectivity index (χ3v) is 6.07. The maximum absolute atomic E-state index is 10.5. The van der Waals surface area contributed by atoms with Crippen LogP contribution in [0.15, 0.2) is 6.20 Å². The van der Waals surface area contributed by atoms with E-state index in [0.717, 1.165) is 38.9 Å². The molecular weight excluding hydrogens is 288 g/mol. The van der Waals surface area contributed by atoms with Crippen LogP contribution in [0.2, 0.25) is 0 Å². The Bertz CT molecular complexity index is 495. The molecule has 0 aliphatic heterocycles. The number of aliphatic hydroxyl groups is 1. The van der Waals surface area contributed by atoms with Crippen molar-refractivity contribution >= 4 is 0 Å². The van der Waals surface area contributed by atoms with Crippen LogP contribution < -0.4 is 5.32 Å². The molecular formula is C18H32N4O. The minimum absolute atomic E-state index is 0.0954. The van der Waals surface area contributed by atoms with E-state index in [-0.39, 0.29) is 11.5 Å². The highest BCUT2D eigenvalue weighted by Gasteiger charge is 2.45. The number of nitrogens with zero attached hydrogens (tertiary/aromatic N) is 2. The van der Waals surface area contributed by atoms with Crippen molar-refractivity contribution < 1.29 is 5.11 Å². The fraction of sp³-hybridized carbons (Fsp3) is 0.833. The zero-order valence-corrected chi connectivity index (χ0v) is 14.6. The van der Waals surface area contributed by atoms with Crippen molar-refractivity contribution in [2.75, 3.05) is 27.2 Å². The summed E-state index contributed by atoms with van der Waals surface area (Å²) in [6, 6.07) is 0. The second kappa shape index (κ2) is 7.32. The quantitative estimate of drug-likeness (QED) is 0.752. The van der Waals surface area contributed by atoms with Crippen molar-refractivity contribution in [1.29, 1.82) is 0 Å². The van der Waals surface area contributed by atoms with Gasteiger partial charge in [0.05, 0.1) is 11.8 Å². The molecule has 2 aliphatic rings. The van der Waals surface area contributed by atoms with Crippen LogP contribution in [0.5, 0.6) is 0 Å². The third-order valence-electron chi connectivity index (χ3n) is 6.07. The Hall–Kier alpha value is -0.910. The van der Waals surface area contributed by atoms with Gasteiger partial charge in [-0.25, -0.2) is 0 Å². The zero-order valence-electron chi connectivity index (χ0n) is 14.6. The van der Waals surface area contributed by atoms with Gasteiger partial charge in [-0.2, -0.15) is 5.10 Å². The third kappa shape index (κ3) is 3.62. The van der Waals surface area contributed by atoms with Crippen molar-refractivity contribution in [3.05, 3.63) is 17.5 Å². The first-order valence-corrected chi connectivity index (χ1v) is 9.18. The lowest BCUT2D eigenvalue weighted by Crippen LogP contribution is -2.38. The minimum atomic E-state index is -0.0954. The summed E-state index contributed by atoms with van der Waals surface area (Å²) in [5, 5.41) is 21.4. The van der Waals surface area contributed by atoms with Gasteiger partial charge in [-0.05, 0) is 51.6 Å². The second-order valence-corrected chi connectivity index (χ2v) is 7.70. The molecule has 1 heterocycles. The normalized spacial score (nSPS) is 27.1. The Kier molecular flexibility index (Phi) is 5.39. The highest BCUT2D eigenvalue weighted by molar-refractivity contribution is 5.22. The van der Waals surface area contributed by atoms with Crippen LogP contribution in [0.25, 0.3) is 0 Å². The van der Waals surface area contributed by atoms with Crippen molar-refractivity contribution in [2.24, 2.45) is 5.41 Å². The van der Waals surface area contributed by atoms with Crippen LogP contribution in [0.3, 0.4) is 0 Å². The first kappa shape index (κ1) is 16.9. The summed E-state index contributed by atoms with van der Waals surface area (Å²) in [6.45, 7) is 2.98. The molecule has 1 aromatic heterocycles. The molecule has 2 aliphatic carbocycles. The van der Waals surface area contributed by atoms with Crippen molar-refractivity contribution in [2.45, 2.75) is 63.5 Å². The Balaban J connectivity index is 1.69. The summed E-state index contributed by atoms with van der Waals surface area (Å²) >= 11 is 0. The molecule has 2 unspecified atom stereocenters. The molecule has 3 rings (SSSR count). The van der Waals surface area contributed by atoms with Crippen LogP contribution >= 0.6 is 0 Å². The van der Waals surface area contributed by atoms with Crippen LogP contribution in [-0.4, -0.2) is 53.5 Å². The van der Waals surface area contributed by atoms with Crippen LogP contribution in [0.1, 0.15) is 62.1 Å². The van der Waals surface area contributed by atoms with Crippen LogP contribution in [0.4, 0.5) is 0 Å². The molecule has 0 amide bonds. The molecule has 0 bridgehead atoms. The van der Waals surface area contributed by atoms with Gasteiger partial charge in [-0.15, -0.1) is 0 Å². The lowest BCUT2D eigenvalue weighted by Gasteiger charge is -2.42. The van der Waals surface area contributed by atoms with Crippen molar-refractivity contribution in [1.82, 2.24) is 20.4 Å². The molecule has 2 fully saturated rings. The maximum atomic E-state index is 10.5. The van der Waals surface area contributed by atoms with Crippen molar-refractivity contribution in [3.63, 3.8) is 0 Å². The van der Waals surface area contributed by atoms with Gasteiger partial charge >= 0.3 is 0 Å². The second-order valence-electron chi connectivity index (χ2n) is 7.70. The van der Waals surface area contributed by atoms with E-state index in [4.69, 9.17) is 0 Å². The molecule has 23 heavy (non-hydrogen) atoms. The monoisotopic (exact) mass is 320 g/mol. The molecule has 0 saturated heterocycles. The fourth-order valence-corrected chi connectivity index (χ4v) is 4.72. The molecule has 5 nitrogen and oxygen atoms in total. The number of hydrogen-bond acceptors (Lipinski definition) is 4. The summed E-state index contributed by atoms with van der Waals surface area (Å²) in [7, 11) is 4.16. The number of likely N-dealkylation sites (N-methyl/N-ethyl adjacent to an activating group) is 2. The van der Waals surface area contributed by atoms with Gasteiger partial charge < -0.3 is 15.3 Å². The summed E-state index contributed by atoms with van der Waals surface area (Å²) < 4.78 is 0. The van der Waals surface area contributed by atoms with Gasteiger partial charge in [0.25, 0.3) is 0 Å². The number of aliphatic hydroxyl groups excluding tert-OH is 1. The molecule has 2 atom stereocenters. The Labute approximate surface area is 139 Å². The smallest absolute Gasteiger partial charge is 0.0698 e. The van der Waals surface area contributed by atoms with Gasteiger partial charge in [-0.3, -0.25) is 5.10 Å². The molecule has 0 aromatic carbocycles. The van der Waals surface area contributed by atoms with Gasteiger partial charge in [0, 0.05) is 37.3 Å². The topological polar surface area (TPSA) is 64.2 Å². The molecule has 5 heteroatoms. The van der Waals surface area contributed by atoms with E-state index < -0.39 is 0 Å². The number of hydrogen-bond donors (Lipinski definition) is 3. The minimum Gasteiger partial charge on any atom is -0.393 e. The molecule has 1 spiro atoms. The number of rotatable bonds is 6. The standard InChI is InChI=1S/C18H32N4O/c1-19-9-10-22(2)13-15-12-20-21-17(15)14-5-6-16(23)18(11-14)7-3-4-8-18/h12,14,16,19,23H,3-11,13H2,1-2H3,(H,20,21). The van der Waals surface area contributed by atoms with Gasteiger partial charge in [0.2, 0.25) is 0 Å². The average Bonchev–Trinajstić information content (AvgIpc) is 3.18. The van der Waals surface area contributed by atoms with E-state index in [1.54, 1.807) is 0 Å². The zero-order chi connectivity index (χ0) is 16.3. The number of nitrogens with one attached hydrogen (secondary N) is 2. The average molecular weight is 320 g/mol. The van der Waals surface area contributed by atoms with Crippen LogP contribution in [-0.2, 0) is 6.54 Å². The number of H-pyrrole nitrogens is 1. The van der Waals surface area contributed by atoms with Crippen molar-refractivity contribution in [3.8, 4) is 0 Å². The molecule has 130 valence electrons. The van der Waals surface area contributed by atoms with E-state index in [2.05, 4.69) is 33.7 Å². The summed E-state index contributed by atoms with van der Waals surface area (Å²) in [4.78, 5) is 2.34. The van der Waals surface area contributed by atoms with E-state index in [1.807, 2.05) is 7.05 Å².